The van der Waals surface area contributed by atoms with Gasteiger partial charge in [-0.3, -0.25) is 4.79 Å². The number of hydrogen-bond donors (Lipinski definition) is 2. The summed E-state index contributed by atoms with van der Waals surface area (Å²) in [5.74, 6) is 1.11. The van der Waals surface area contributed by atoms with Crippen LogP contribution >= 0.6 is 0 Å². The lowest BCUT2D eigenvalue weighted by atomic mass is 10.2. The van der Waals surface area contributed by atoms with Crippen LogP contribution in [0.25, 0.3) is 10.9 Å². The molecule has 2 aromatic carbocycles. The summed E-state index contributed by atoms with van der Waals surface area (Å²) < 4.78 is 20.9. The summed E-state index contributed by atoms with van der Waals surface area (Å²) in [4.78, 5) is 30.1. The van der Waals surface area contributed by atoms with Gasteiger partial charge in [-0.25, -0.2) is 4.79 Å². The summed E-state index contributed by atoms with van der Waals surface area (Å²) in [7, 11) is 2.85. The van der Waals surface area contributed by atoms with E-state index in [9.17, 15) is 9.59 Å². The number of amides is 1. The number of ether oxygens (including phenoxy) is 4. The maximum atomic E-state index is 12.9. The Kier molecular flexibility index (Phi) is 5.57. The Morgan fingerprint density at radius 3 is 2.68 bits per heavy atom. The molecule has 0 spiro atoms. The number of benzene rings is 2. The summed E-state index contributed by atoms with van der Waals surface area (Å²) in [5.41, 5.74) is 2.03. The van der Waals surface area contributed by atoms with Gasteiger partial charge >= 0.3 is 5.97 Å². The number of carbonyl (C=O) groups excluding carboxylic acids is 2. The highest BCUT2D eigenvalue weighted by Gasteiger charge is 2.22. The molecular weight excluding hydrogens is 402 g/mol. The molecule has 31 heavy (non-hydrogen) atoms. The highest BCUT2D eigenvalue weighted by molar-refractivity contribution is 6.11. The molecule has 1 amide bonds. The highest BCUT2D eigenvalue weighted by Crippen LogP contribution is 2.35. The molecule has 1 aliphatic heterocycles. The molecule has 0 unspecified atom stereocenters. The van der Waals surface area contributed by atoms with Crippen LogP contribution in [0.2, 0.25) is 0 Å². The third-order valence-electron chi connectivity index (χ3n) is 5.10. The maximum absolute atomic E-state index is 12.9. The van der Waals surface area contributed by atoms with Gasteiger partial charge in [-0.05, 0) is 31.2 Å². The van der Waals surface area contributed by atoms with Crippen molar-refractivity contribution in [3.63, 3.8) is 0 Å². The molecule has 0 saturated heterocycles. The first-order chi connectivity index (χ1) is 15.0. The lowest BCUT2D eigenvalue weighted by Crippen LogP contribution is -2.33. The minimum Gasteiger partial charge on any atom is -0.497 e. The Bertz CT molecular complexity index is 1140. The molecule has 0 aliphatic carbocycles. The molecule has 9 nitrogen and oxygen atoms in total. The summed E-state index contributed by atoms with van der Waals surface area (Å²) in [6.07, 6.45) is 0. The van der Waals surface area contributed by atoms with Crippen LogP contribution in [0, 0.1) is 0 Å². The topological polar surface area (TPSA) is 102 Å². The number of aromatic amines is 1. The predicted octanol–water partition coefficient (Wildman–Crippen LogP) is 3.16. The maximum Gasteiger partial charge on any atom is 0.356 e. The first-order valence-electron chi connectivity index (χ1n) is 9.76. The smallest absolute Gasteiger partial charge is 0.356 e. The number of hydrogen-bond acceptors (Lipinski definition) is 7. The number of carbonyl (C=O) groups is 2. The number of esters is 1. The number of likely N-dealkylation sites (N-methyl/N-ethyl adjacent to an activating group) is 1. The van der Waals surface area contributed by atoms with E-state index in [0.29, 0.717) is 40.4 Å². The van der Waals surface area contributed by atoms with Gasteiger partial charge in [0.05, 0.1) is 32.0 Å². The Morgan fingerprint density at radius 1 is 1.13 bits per heavy atom. The summed E-state index contributed by atoms with van der Waals surface area (Å²) in [5, 5.41) is 3.54. The van der Waals surface area contributed by atoms with Crippen LogP contribution in [0.1, 0.15) is 17.4 Å². The van der Waals surface area contributed by atoms with Gasteiger partial charge in [-0.1, -0.05) is 0 Å². The van der Waals surface area contributed by atoms with E-state index >= 15 is 0 Å². The Morgan fingerprint density at radius 2 is 1.94 bits per heavy atom. The fourth-order valence-corrected chi connectivity index (χ4v) is 3.51. The number of aromatic nitrogens is 1. The molecule has 9 heteroatoms. The molecule has 0 fully saturated rings. The molecule has 1 aliphatic rings. The van der Waals surface area contributed by atoms with Crippen molar-refractivity contribution in [1.29, 1.82) is 0 Å². The Balaban J connectivity index is 1.59. The zero-order chi connectivity index (χ0) is 22.0. The first-order valence-corrected chi connectivity index (χ1v) is 9.76. The quantitative estimate of drug-likeness (QED) is 0.561. The van der Waals surface area contributed by atoms with Gasteiger partial charge in [0.15, 0.2) is 11.5 Å². The van der Waals surface area contributed by atoms with E-state index in [0.717, 1.165) is 5.69 Å². The SMILES string of the molecule is CCN(CC(=O)Nc1c(C(=O)OC)[nH]c2cc(OC)ccc12)c1ccc2c(c1)OCO2. The van der Waals surface area contributed by atoms with Crippen LogP contribution in [-0.4, -0.2) is 51.0 Å². The molecule has 2 N–H and O–H groups in total. The largest absolute Gasteiger partial charge is 0.497 e. The lowest BCUT2D eigenvalue weighted by Gasteiger charge is -2.22. The van der Waals surface area contributed by atoms with E-state index in [1.54, 1.807) is 25.3 Å². The van der Waals surface area contributed by atoms with E-state index in [-0.39, 0.29) is 24.9 Å². The van der Waals surface area contributed by atoms with E-state index in [4.69, 9.17) is 18.9 Å². The normalized spacial score (nSPS) is 12.0. The Labute approximate surface area is 178 Å². The van der Waals surface area contributed by atoms with Crippen molar-refractivity contribution in [1.82, 2.24) is 4.98 Å². The van der Waals surface area contributed by atoms with Crippen LogP contribution in [0.3, 0.4) is 0 Å². The van der Waals surface area contributed by atoms with Gasteiger partial charge < -0.3 is 34.1 Å². The number of methoxy groups -OCH3 is 2. The van der Waals surface area contributed by atoms with E-state index in [1.165, 1.54) is 7.11 Å². The predicted molar refractivity (Wildman–Crippen MR) is 115 cm³/mol. The molecular formula is C22H23N3O6. The summed E-state index contributed by atoms with van der Waals surface area (Å²) in [6.45, 7) is 2.82. The van der Waals surface area contributed by atoms with Crippen molar-refractivity contribution in [3.05, 3.63) is 42.1 Å². The minimum absolute atomic E-state index is 0.0829. The van der Waals surface area contributed by atoms with Crippen LogP contribution < -0.4 is 24.4 Å². The molecule has 0 radical (unpaired) electrons. The monoisotopic (exact) mass is 425 g/mol. The molecule has 162 valence electrons. The average Bonchev–Trinajstić information content (AvgIpc) is 3.40. The van der Waals surface area contributed by atoms with E-state index in [2.05, 4.69) is 10.3 Å². The van der Waals surface area contributed by atoms with Crippen LogP contribution in [0.15, 0.2) is 36.4 Å². The standard InChI is InChI=1S/C22H23N3O6/c1-4-25(13-5-8-17-18(9-13)31-12-30-17)11-19(26)24-20-15-7-6-14(28-2)10-16(15)23-21(20)22(27)29-3/h5-10,23H,4,11-12H2,1-3H3,(H,24,26). The van der Waals surface area contributed by atoms with Gasteiger partial charge in [-0.2, -0.15) is 0 Å². The zero-order valence-corrected chi connectivity index (χ0v) is 17.5. The van der Waals surface area contributed by atoms with Gasteiger partial charge in [0.1, 0.15) is 11.4 Å². The highest BCUT2D eigenvalue weighted by atomic mass is 16.7. The van der Waals surface area contributed by atoms with E-state index in [1.807, 2.05) is 30.0 Å². The Hall–Kier alpha value is -3.88. The average molecular weight is 425 g/mol. The second kappa shape index (κ2) is 8.47. The number of anilines is 2. The molecule has 0 bridgehead atoms. The minimum atomic E-state index is -0.575. The lowest BCUT2D eigenvalue weighted by molar-refractivity contribution is -0.115. The van der Waals surface area contributed by atoms with E-state index < -0.39 is 5.97 Å². The van der Waals surface area contributed by atoms with Crippen molar-refractivity contribution in [2.24, 2.45) is 0 Å². The fourth-order valence-electron chi connectivity index (χ4n) is 3.51. The first kappa shape index (κ1) is 20.4. The second-order valence-electron chi connectivity index (χ2n) is 6.88. The van der Waals surface area contributed by atoms with Crippen LogP contribution in [-0.2, 0) is 9.53 Å². The molecule has 4 rings (SSSR count). The zero-order valence-electron chi connectivity index (χ0n) is 17.5. The van der Waals surface area contributed by atoms with Crippen LogP contribution in [0.5, 0.6) is 17.2 Å². The van der Waals surface area contributed by atoms with Crippen molar-refractivity contribution >= 4 is 34.2 Å². The molecule has 0 saturated carbocycles. The van der Waals surface area contributed by atoms with Crippen molar-refractivity contribution in [2.45, 2.75) is 6.92 Å². The molecule has 0 atom stereocenters. The third-order valence-corrected chi connectivity index (χ3v) is 5.10. The van der Waals surface area contributed by atoms with Crippen LogP contribution in [0.4, 0.5) is 11.4 Å². The number of fused-ring (bicyclic) bond motifs is 2. The van der Waals surface area contributed by atoms with Gasteiger partial charge in [0, 0.05) is 29.8 Å². The van der Waals surface area contributed by atoms with Crippen molar-refractivity contribution in [2.75, 3.05) is 44.3 Å². The number of rotatable bonds is 7. The summed E-state index contributed by atoms with van der Waals surface area (Å²) >= 11 is 0. The molecule has 3 aromatic rings. The van der Waals surface area contributed by atoms with Gasteiger partial charge in [0.2, 0.25) is 12.7 Å². The van der Waals surface area contributed by atoms with Gasteiger partial charge in [0.25, 0.3) is 0 Å². The van der Waals surface area contributed by atoms with Gasteiger partial charge in [-0.15, -0.1) is 0 Å². The number of H-pyrrole nitrogens is 1. The third kappa shape index (κ3) is 3.94. The summed E-state index contributed by atoms with van der Waals surface area (Å²) in [6, 6.07) is 10.8. The number of nitrogens with one attached hydrogen (secondary N) is 2. The molecule has 1 aromatic heterocycles. The van der Waals surface area contributed by atoms with Crippen molar-refractivity contribution < 1.29 is 28.5 Å². The second-order valence-corrected chi connectivity index (χ2v) is 6.88. The van der Waals surface area contributed by atoms with Crippen molar-refractivity contribution in [3.8, 4) is 17.2 Å². The fraction of sp³-hybridized carbons (Fsp3) is 0.273. The molecule has 2 heterocycles. The number of nitrogens with zero attached hydrogens (tertiary/aromatic N) is 1.